The number of ether oxygens (including phenoxy) is 1. The quantitative estimate of drug-likeness (QED) is 0.670. The highest BCUT2D eigenvalue weighted by Gasteiger charge is 2.32. The van der Waals surface area contributed by atoms with Crippen molar-refractivity contribution in [1.29, 1.82) is 0 Å². The Morgan fingerprint density at radius 3 is 2.63 bits per heavy atom. The summed E-state index contributed by atoms with van der Waals surface area (Å²) in [6.45, 7) is -0.00389. The first kappa shape index (κ1) is 15.5. The van der Waals surface area contributed by atoms with Gasteiger partial charge in [-0.1, -0.05) is 12.2 Å². The Kier molecular flexibility index (Phi) is 5.34. The van der Waals surface area contributed by atoms with E-state index in [4.69, 9.17) is 12.2 Å². The van der Waals surface area contributed by atoms with E-state index in [1.807, 2.05) is 0 Å². The van der Waals surface area contributed by atoms with Gasteiger partial charge < -0.3 is 14.6 Å². The summed E-state index contributed by atoms with van der Waals surface area (Å²) < 4.78 is 42.5. The van der Waals surface area contributed by atoms with Crippen molar-refractivity contribution in [2.24, 2.45) is 0 Å². The second-order valence-electron chi connectivity index (χ2n) is 3.69. The van der Waals surface area contributed by atoms with Crippen LogP contribution in [0.3, 0.4) is 0 Å². The number of esters is 1. The van der Waals surface area contributed by atoms with E-state index in [0.717, 1.165) is 4.90 Å². The number of rotatable bonds is 5. The number of pyridine rings is 1. The molecule has 0 radical (unpaired) electrons. The Morgan fingerprint density at radius 2 is 2.16 bits per heavy atom. The monoisotopic (exact) mass is 294 g/mol. The molecule has 0 aliphatic heterocycles. The average Bonchev–Trinajstić information content (AvgIpc) is 2.27. The van der Waals surface area contributed by atoms with Crippen LogP contribution >= 0.6 is 12.2 Å². The summed E-state index contributed by atoms with van der Waals surface area (Å²) in [6, 6.07) is 2.88. The molecular formula is C11H13F3N2O2S. The topological polar surface area (TPSA) is 45.3 Å². The van der Waals surface area contributed by atoms with Crippen molar-refractivity contribution in [2.75, 3.05) is 24.6 Å². The van der Waals surface area contributed by atoms with Gasteiger partial charge in [0.15, 0.2) is 0 Å². The SMILES string of the molecule is CCOC(=O)CN(CC(F)(F)F)c1ccc(=S)[nH]c1. The van der Waals surface area contributed by atoms with Crippen LogP contribution < -0.4 is 4.90 Å². The molecule has 1 N–H and O–H groups in total. The second-order valence-corrected chi connectivity index (χ2v) is 4.13. The zero-order valence-corrected chi connectivity index (χ0v) is 11.0. The van der Waals surface area contributed by atoms with Gasteiger partial charge in [0, 0.05) is 6.20 Å². The summed E-state index contributed by atoms with van der Waals surface area (Å²) in [4.78, 5) is 14.8. The van der Waals surface area contributed by atoms with Crippen LogP contribution in [0.2, 0.25) is 0 Å². The summed E-state index contributed by atoms with van der Waals surface area (Å²) in [7, 11) is 0. The number of carbonyl (C=O) groups is 1. The molecule has 1 heterocycles. The molecule has 0 spiro atoms. The number of hydrogen-bond donors (Lipinski definition) is 1. The van der Waals surface area contributed by atoms with Gasteiger partial charge in [0.05, 0.1) is 12.3 Å². The lowest BCUT2D eigenvalue weighted by atomic mass is 10.3. The van der Waals surface area contributed by atoms with E-state index in [9.17, 15) is 18.0 Å². The van der Waals surface area contributed by atoms with Crippen LogP contribution in [0.25, 0.3) is 0 Å². The van der Waals surface area contributed by atoms with Crippen molar-refractivity contribution in [1.82, 2.24) is 4.98 Å². The molecule has 0 bridgehead atoms. The Bertz CT molecular complexity index is 467. The zero-order chi connectivity index (χ0) is 14.5. The van der Waals surface area contributed by atoms with Gasteiger partial charge in [-0.15, -0.1) is 0 Å². The van der Waals surface area contributed by atoms with Crippen LogP contribution in [0.5, 0.6) is 0 Å². The van der Waals surface area contributed by atoms with E-state index in [1.165, 1.54) is 18.3 Å². The van der Waals surface area contributed by atoms with Crippen LogP contribution in [-0.2, 0) is 9.53 Å². The van der Waals surface area contributed by atoms with Crippen LogP contribution in [0.15, 0.2) is 18.3 Å². The molecule has 106 valence electrons. The average molecular weight is 294 g/mol. The molecule has 0 fully saturated rings. The van der Waals surface area contributed by atoms with Crippen LogP contribution in [0.4, 0.5) is 18.9 Å². The summed E-state index contributed by atoms with van der Waals surface area (Å²) in [5.41, 5.74) is 0.221. The van der Waals surface area contributed by atoms with E-state index in [0.29, 0.717) is 4.64 Å². The number of nitrogens with one attached hydrogen (secondary N) is 1. The molecule has 1 aromatic rings. The zero-order valence-electron chi connectivity index (χ0n) is 10.2. The number of aromatic nitrogens is 1. The molecule has 0 atom stereocenters. The fraction of sp³-hybridized carbons (Fsp3) is 0.455. The third-order valence-electron chi connectivity index (χ3n) is 2.13. The lowest BCUT2D eigenvalue weighted by Crippen LogP contribution is -2.38. The van der Waals surface area contributed by atoms with Gasteiger partial charge >= 0.3 is 12.1 Å². The number of halogens is 3. The summed E-state index contributed by atoms with van der Waals surface area (Å²) >= 11 is 4.81. The molecule has 0 aliphatic carbocycles. The normalized spacial score (nSPS) is 11.2. The summed E-state index contributed by atoms with van der Waals surface area (Å²) in [5, 5.41) is 0. The minimum Gasteiger partial charge on any atom is -0.465 e. The van der Waals surface area contributed by atoms with E-state index >= 15 is 0 Å². The maximum Gasteiger partial charge on any atom is 0.405 e. The Hall–Kier alpha value is -1.57. The fourth-order valence-corrected chi connectivity index (χ4v) is 1.54. The third-order valence-corrected chi connectivity index (χ3v) is 2.38. The molecule has 0 aliphatic rings. The first-order chi connectivity index (χ1) is 8.81. The van der Waals surface area contributed by atoms with Crippen LogP contribution in [-0.4, -0.2) is 36.8 Å². The standard InChI is InChI=1S/C11H13F3N2O2S/c1-2-18-10(17)6-16(7-11(12,13)14)8-3-4-9(19)15-5-8/h3-5H,2,6-7H2,1H3,(H,15,19). The largest absolute Gasteiger partial charge is 0.465 e. The Balaban J connectivity index is 2.88. The number of hydrogen-bond acceptors (Lipinski definition) is 4. The molecule has 1 aromatic heterocycles. The maximum absolute atomic E-state index is 12.5. The Morgan fingerprint density at radius 1 is 1.47 bits per heavy atom. The highest BCUT2D eigenvalue weighted by molar-refractivity contribution is 7.71. The molecule has 0 saturated heterocycles. The number of alkyl halides is 3. The molecule has 8 heteroatoms. The van der Waals surface area contributed by atoms with Crippen LogP contribution in [0, 0.1) is 4.64 Å². The molecule has 19 heavy (non-hydrogen) atoms. The van der Waals surface area contributed by atoms with E-state index in [-0.39, 0.29) is 12.3 Å². The predicted molar refractivity (Wildman–Crippen MR) is 66.5 cm³/mol. The van der Waals surface area contributed by atoms with Gasteiger partial charge in [0.2, 0.25) is 0 Å². The van der Waals surface area contributed by atoms with Crippen molar-refractivity contribution in [2.45, 2.75) is 13.1 Å². The third kappa shape index (κ3) is 5.73. The highest BCUT2D eigenvalue weighted by Crippen LogP contribution is 2.21. The first-order valence-electron chi connectivity index (χ1n) is 5.48. The number of aromatic amines is 1. The number of H-pyrrole nitrogens is 1. The van der Waals surface area contributed by atoms with Gasteiger partial charge in [-0.05, 0) is 19.1 Å². The molecule has 1 rings (SSSR count). The first-order valence-corrected chi connectivity index (χ1v) is 5.88. The number of nitrogens with zero attached hydrogens (tertiary/aromatic N) is 1. The van der Waals surface area contributed by atoms with Gasteiger partial charge in [-0.25, -0.2) is 0 Å². The van der Waals surface area contributed by atoms with Crippen molar-refractivity contribution in [3.63, 3.8) is 0 Å². The van der Waals surface area contributed by atoms with Gasteiger partial charge in [0.1, 0.15) is 17.7 Å². The molecule has 0 aromatic carbocycles. The van der Waals surface area contributed by atoms with Gasteiger partial charge in [0.25, 0.3) is 0 Å². The fourth-order valence-electron chi connectivity index (χ4n) is 1.42. The smallest absolute Gasteiger partial charge is 0.405 e. The van der Waals surface area contributed by atoms with E-state index in [1.54, 1.807) is 6.92 Å². The molecule has 4 nitrogen and oxygen atoms in total. The lowest BCUT2D eigenvalue weighted by Gasteiger charge is -2.24. The summed E-state index contributed by atoms with van der Waals surface area (Å²) in [6.07, 6.45) is -3.09. The van der Waals surface area contributed by atoms with Crippen molar-refractivity contribution >= 4 is 23.9 Å². The maximum atomic E-state index is 12.5. The second kappa shape index (κ2) is 6.55. The van der Waals surface area contributed by atoms with E-state index < -0.39 is 25.2 Å². The summed E-state index contributed by atoms with van der Waals surface area (Å²) in [5.74, 6) is -0.714. The number of anilines is 1. The van der Waals surface area contributed by atoms with Crippen molar-refractivity contribution in [3.8, 4) is 0 Å². The highest BCUT2D eigenvalue weighted by atomic mass is 32.1. The molecule has 0 saturated carbocycles. The molecule has 0 unspecified atom stereocenters. The predicted octanol–water partition coefficient (Wildman–Crippen LogP) is 2.68. The van der Waals surface area contributed by atoms with Gasteiger partial charge in [-0.3, -0.25) is 4.79 Å². The molecule has 0 amide bonds. The minimum absolute atomic E-state index is 0.121. The van der Waals surface area contributed by atoms with Crippen molar-refractivity contribution < 1.29 is 22.7 Å². The van der Waals surface area contributed by atoms with Crippen LogP contribution in [0.1, 0.15) is 6.92 Å². The number of carbonyl (C=O) groups excluding carboxylic acids is 1. The lowest BCUT2D eigenvalue weighted by molar-refractivity contribution is -0.142. The van der Waals surface area contributed by atoms with E-state index in [2.05, 4.69) is 9.72 Å². The minimum atomic E-state index is -4.42. The Labute approximate surface area is 113 Å². The van der Waals surface area contributed by atoms with Crippen molar-refractivity contribution in [3.05, 3.63) is 23.0 Å². The van der Waals surface area contributed by atoms with Gasteiger partial charge in [-0.2, -0.15) is 13.2 Å². The molecular weight excluding hydrogens is 281 g/mol.